The van der Waals surface area contributed by atoms with Crippen molar-refractivity contribution in [2.45, 2.75) is 6.92 Å². The molecule has 7 heteroatoms. The van der Waals surface area contributed by atoms with Crippen LogP contribution >= 0.6 is 11.6 Å². The predicted octanol–water partition coefficient (Wildman–Crippen LogP) is 1.69. The Kier molecular flexibility index (Phi) is 3.47. The van der Waals surface area contributed by atoms with E-state index in [1.807, 2.05) is 42.9 Å². The van der Waals surface area contributed by atoms with Crippen molar-refractivity contribution in [2.75, 3.05) is 0 Å². The molecule has 0 fully saturated rings. The highest BCUT2D eigenvalue weighted by Crippen LogP contribution is 2.13. The smallest absolute Gasteiger partial charge is 0.195 e. The Morgan fingerprint density at radius 2 is 2.33 bits per heavy atom. The van der Waals surface area contributed by atoms with Crippen molar-refractivity contribution in [3.63, 3.8) is 0 Å². The lowest BCUT2D eigenvalue weighted by atomic mass is 10.4. The van der Waals surface area contributed by atoms with E-state index in [0.29, 0.717) is 11.7 Å². The van der Waals surface area contributed by atoms with Gasteiger partial charge in [0.25, 0.3) is 0 Å². The maximum atomic E-state index is 5.62. The molecule has 2 aromatic rings. The Labute approximate surface area is 109 Å². The number of aromatic amines is 1. The number of nitrogens with zero attached hydrogens (tertiary/aromatic N) is 4. The van der Waals surface area contributed by atoms with Gasteiger partial charge in [-0.15, -0.1) is 0 Å². The highest BCUT2D eigenvalue weighted by atomic mass is 35.5. The van der Waals surface area contributed by atoms with Gasteiger partial charge in [0, 0.05) is 25.0 Å². The molecular weight excluding hydrogens is 252 g/mol. The van der Waals surface area contributed by atoms with Crippen LogP contribution in [-0.2, 0) is 7.05 Å². The van der Waals surface area contributed by atoms with Crippen LogP contribution in [0.1, 0.15) is 11.4 Å². The molecule has 0 bridgehead atoms. The fourth-order valence-electron chi connectivity index (χ4n) is 1.50. The Balaban J connectivity index is 2.47. The molecule has 0 aromatic carbocycles. The second kappa shape index (κ2) is 5.05. The molecule has 94 valence electrons. The molecule has 2 rings (SSSR count). The zero-order valence-corrected chi connectivity index (χ0v) is 10.8. The average Bonchev–Trinajstić information content (AvgIpc) is 2.86. The third kappa shape index (κ3) is 2.78. The summed E-state index contributed by atoms with van der Waals surface area (Å²) in [6.07, 6.45) is 1.89. The van der Waals surface area contributed by atoms with Gasteiger partial charge in [-0.05, 0) is 30.7 Å². The normalized spacial score (nSPS) is 13.1. The molecule has 0 atom stereocenters. The van der Waals surface area contributed by atoms with Gasteiger partial charge < -0.3 is 10.3 Å². The van der Waals surface area contributed by atoms with Gasteiger partial charge in [0.05, 0.1) is 5.69 Å². The predicted molar refractivity (Wildman–Crippen MR) is 72.4 cm³/mol. The van der Waals surface area contributed by atoms with Crippen LogP contribution in [-0.4, -0.2) is 25.9 Å². The maximum absolute atomic E-state index is 5.62. The number of rotatable bonds is 2. The lowest BCUT2D eigenvalue weighted by molar-refractivity contribution is 0.912. The van der Waals surface area contributed by atoms with E-state index in [1.165, 1.54) is 0 Å². The molecular formula is C11H13ClN6. The molecule has 0 saturated heterocycles. The summed E-state index contributed by atoms with van der Waals surface area (Å²) >= 11 is 5.62. The monoisotopic (exact) mass is 264 g/mol. The van der Waals surface area contributed by atoms with E-state index in [-0.39, 0.29) is 5.29 Å². The summed E-state index contributed by atoms with van der Waals surface area (Å²) in [5.74, 6) is 0.951. The molecule has 0 aliphatic carbocycles. The molecule has 0 spiro atoms. The van der Waals surface area contributed by atoms with E-state index < -0.39 is 0 Å². The summed E-state index contributed by atoms with van der Waals surface area (Å²) < 4.78 is 1.88. The van der Waals surface area contributed by atoms with Gasteiger partial charge in [-0.2, -0.15) is 10.1 Å². The number of amidine groups is 2. The zero-order valence-electron chi connectivity index (χ0n) is 10.1. The second-order valence-electron chi connectivity index (χ2n) is 3.78. The summed E-state index contributed by atoms with van der Waals surface area (Å²) in [6.45, 7) is 1.90. The van der Waals surface area contributed by atoms with Gasteiger partial charge in [0.15, 0.2) is 16.9 Å². The SMILES string of the molecule is Cc1cc(N=C(N=C(N)Cl)c2cccn2C)n[nH]1. The van der Waals surface area contributed by atoms with Crippen LogP contribution in [0.25, 0.3) is 0 Å². The maximum Gasteiger partial charge on any atom is 0.195 e. The highest BCUT2D eigenvalue weighted by molar-refractivity contribution is 6.65. The van der Waals surface area contributed by atoms with Crippen molar-refractivity contribution in [1.82, 2.24) is 14.8 Å². The van der Waals surface area contributed by atoms with Gasteiger partial charge in [-0.3, -0.25) is 5.10 Å². The molecule has 0 saturated carbocycles. The highest BCUT2D eigenvalue weighted by Gasteiger charge is 2.08. The summed E-state index contributed by atoms with van der Waals surface area (Å²) in [7, 11) is 1.89. The van der Waals surface area contributed by atoms with E-state index in [1.54, 1.807) is 0 Å². The molecule has 0 amide bonds. The Bertz CT molecular complexity index is 603. The number of hydrogen-bond donors (Lipinski definition) is 2. The van der Waals surface area contributed by atoms with E-state index in [4.69, 9.17) is 17.3 Å². The van der Waals surface area contributed by atoms with E-state index in [9.17, 15) is 0 Å². The van der Waals surface area contributed by atoms with Crippen LogP contribution in [0.3, 0.4) is 0 Å². The van der Waals surface area contributed by atoms with Crippen molar-refractivity contribution in [3.8, 4) is 0 Å². The average molecular weight is 265 g/mol. The van der Waals surface area contributed by atoms with Crippen molar-refractivity contribution in [3.05, 3.63) is 35.8 Å². The van der Waals surface area contributed by atoms with Crippen LogP contribution in [0.5, 0.6) is 0 Å². The van der Waals surface area contributed by atoms with Crippen molar-refractivity contribution in [2.24, 2.45) is 22.8 Å². The fraction of sp³-hybridized carbons (Fsp3) is 0.182. The largest absolute Gasteiger partial charge is 0.374 e. The number of H-pyrrole nitrogens is 1. The first-order valence-corrected chi connectivity index (χ1v) is 5.66. The van der Waals surface area contributed by atoms with Gasteiger partial charge in [-0.1, -0.05) is 0 Å². The third-order valence-corrected chi connectivity index (χ3v) is 2.38. The van der Waals surface area contributed by atoms with Crippen molar-refractivity contribution >= 4 is 28.5 Å². The molecule has 0 radical (unpaired) electrons. The number of halogens is 1. The first-order valence-electron chi connectivity index (χ1n) is 5.28. The first kappa shape index (κ1) is 12.4. The van der Waals surface area contributed by atoms with Crippen molar-refractivity contribution in [1.29, 1.82) is 0 Å². The number of aryl methyl sites for hydroxylation is 2. The van der Waals surface area contributed by atoms with Crippen LogP contribution < -0.4 is 5.73 Å². The minimum atomic E-state index is -0.0674. The quantitative estimate of drug-likeness (QED) is 0.491. The Morgan fingerprint density at radius 1 is 1.56 bits per heavy atom. The second-order valence-corrected chi connectivity index (χ2v) is 4.17. The summed E-state index contributed by atoms with van der Waals surface area (Å²) in [4.78, 5) is 8.34. The minimum Gasteiger partial charge on any atom is -0.374 e. The number of nitrogens with two attached hydrogens (primary N) is 1. The third-order valence-electron chi connectivity index (χ3n) is 2.30. The summed E-state index contributed by atoms with van der Waals surface area (Å²) in [6, 6.07) is 5.57. The number of hydrogen-bond acceptors (Lipinski definition) is 2. The molecule has 0 unspecified atom stereocenters. The van der Waals surface area contributed by atoms with Crippen LogP contribution in [0.2, 0.25) is 0 Å². The lowest BCUT2D eigenvalue weighted by Gasteiger charge is -2.02. The van der Waals surface area contributed by atoms with Crippen LogP contribution in [0.4, 0.5) is 5.82 Å². The number of nitrogens with one attached hydrogen (secondary N) is 1. The minimum absolute atomic E-state index is 0.0674. The molecule has 0 aliphatic heterocycles. The zero-order chi connectivity index (χ0) is 13.1. The van der Waals surface area contributed by atoms with Gasteiger partial charge in [0.1, 0.15) is 0 Å². The topological polar surface area (TPSA) is 84.3 Å². The molecule has 18 heavy (non-hydrogen) atoms. The lowest BCUT2D eigenvalue weighted by Crippen LogP contribution is -2.10. The standard InChI is InChI=1S/C11H13ClN6/c1-7-6-9(17-16-7)14-10(15-11(12)13)8-4-3-5-18(8)2/h3-6H,1-2H3,(H3,13,14,15,16,17). The van der Waals surface area contributed by atoms with Gasteiger partial charge in [-0.25, -0.2) is 4.99 Å². The summed E-state index contributed by atoms with van der Waals surface area (Å²) in [5.41, 5.74) is 7.13. The first-order chi connectivity index (χ1) is 8.56. The Morgan fingerprint density at radius 3 is 2.83 bits per heavy atom. The van der Waals surface area contributed by atoms with E-state index in [0.717, 1.165) is 11.4 Å². The number of aliphatic imine (C=N–C) groups is 2. The number of aromatic nitrogens is 3. The molecule has 3 N–H and O–H groups in total. The molecule has 2 aromatic heterocycles. The summed E-state index contributed by atoms with van der Waals surface area (Å²) in [5, 5.41) is 6.77. The van der Waals surface area contributed by atoms with Gasteiger partial charge >= 0.3 is 0 Å². The van der Waals surface area contributed by atoms with E-state index in [2.05, 4.69) is 20.2 Å². The van der Waals surface area contributed by atoms with Crippen molar-refractivity contribution < 1.29 is 0 Å². The van der Waals surface area contributed by atoms with Gasteiger partial charge in [0.2, 0.25) is 0 Å². The fourth-order valence-corrected chi connectivity index (χ4v) is 1.58. The molecule has 0 aliphatic rings. The van der Waals surface area contributed by atoms with E-state index >= 15 is 0 Å². The molecule has 2 heterocycles. The van der Waals surface area contributed by atoms with Crippen LogP contribution in [0.15, 0.2) is 34.4 Å². The van der Waals surface area contributed by atoms with Crippen LogP contribution in [0, 0.1) is 6.92 Å². The Hall–Kier alpha value is -2.08. The molecule has 6 nitrogen and oxygen atoms in total.